The zero-order valence-corrected chi connectivity index (χ0v) is 16.7. The van der Waals surface area contributed by atoms with Crippen LogP contribution in [0.25, 0.3) is 0 Å². The SMILES string of the molecule is CNC(=O)C1CCCN1C(=O)CNC(=O)c1ccccc1NC(=O)c1ccccc1. The van der Waals surface area contributed by atoms with Crippen LogP contribution in [0.2, 0.25) is 0 Å². The third-order valence-electron chi connectivity index (χ3n) is 4.98. The van der Waals surface area contributed by atoms with Crippen molar-refractivity contribution in [3.63, 3.8) is 0 Å². The predicted octanol–water partition coefficient (Wildman–Crippen LogP) is 1.41. The van der Waals surface area contributed by atoms with E-state index in [1.807, 2.05) is 6.07 Å². The number of benzene rings is 2. The highest BCUT2D eigenvalue weighted by Crippen LogP contribution is 2.18. The Labute approximate surface area is 174 Å². The van der Waals surface area contributed by atoms with E-state index in [0.717, 1.165) is 6.42 Å². The summed E-state index contributed by atoms with van der Waals surface area (Å²) in [5.74, 6) is -1.35. The Balaban J connectivity index is 1.64. The van der Waals surface area contributed by atoms with Gasteiger partial charge in [-0.1, -0.05) is 30.3 Å². The maximum Gasteiger partial charge on any atom is 0.255 e. The Hall–Kier alpha value is -3.68. The molecule has 8 heteroatoms. The quantitative estimate of drug-likeness (QED) is 0.672. The molecule has 0 bridgehead atoms. The molecule has 8 nitrogen and oxygen atoms in total. The molecule has 2 aromatic carbocycles. The van der Waals surface area contributed by atoms with Crippen molar-refractivity contribution in [1.82, 2.24) is 15.5 Å². The van der Waals surface area contributed by atoms with Crippen LogP contribution in [0.15, 0.2) is 54.6 Å². The van der Waals surface area contributed by atoms with Gasteiger partial charge in [0.05, 0.1) is 17.8 Å². The molecule has 1 atom stereocenters. The van der Waals surface area contributed by atoms with Gasteiger partial charge in [0.2, 0.25) is 11.8 Å². The molecular formula is C22H24N4O4. The highest BCUT2D eigenvalue weighted by molar-refractivity contribution is 6.09. The maximum atomic E-state index is 12.7. The summed E-state index contributed by atoms with van der Waals surface area (Å²) in [5, 5.41) is 7.89. The molecule has 0 radical (unpaired) electrons. The van der Waals surface area contributed by atoms with Crippen LogP contribution in [-0.2, 0) is 9.59 Å². The fraction of sp³-hybridized carbons (Fsp3) is 0.273. The average molecular weight is 408 g/mol. The normalized spacial score (nSPS) is 15.4. The summed E-state index contributed by atoms with van der Waals surface area (Å²) in [6.07, 6.45) is 1.35. The van der Waals surface area contributed by atoms with Crippen molar-refractivity contribution in [3.8, 4) is 0 Å². The van der Waals surface area contributed by atoms with Gasteiger partial charge in [-0.3, -0.25) is 19.2 Å². The van der Waals surface area contributed by atoms with Gasteiger partial charge >= 0.3 is 0 Å². The number of amides is 4. The summed E-state index contributed by atoms with van der Waals surface area (Å²) in [5.41, 5.74) is 1.07. The number of rotatable bonds is 6. The number of hydrogen-bond donors (Lipinski definition) is 3. The summed E-state index contributed by atoms with van der Waals surface area (Å²) in [7, 11) is 1.53. The van der Waals surface area contributed by atoms with Crippen molar-refractivity contribution < 1.29 is 19.2 Å². The summed E-state index contributed by atoms with van der Waals surface area (Å²) in [4.78, 5) is 51.0. The molecule has 4 amide bonds. The Morgan fingerprint density at radius 3 is 2.40 bits per heavy atom. The van der Waals surface area contributed by atoms with Crippen molar-refractivity contribution in [2.24, 2.45) is 0 Å². The molecule has 0 aliphatic carbocycles. The van der Waals surface area contributed by atoms with Crippen LogP contribution < -0.4 is 16.0 Å². The maximum absolute atomic E-state index is 12.7. The summed E-state index contributed by atoms with van der Waals surface area (Å²) >= 11 is 0. The van der Waals surface area contributed by atoms with E-state index in [1.54, 1.807) is 48.5 Å². The highest BCUT2D eigenvalue weighted by atomic mass is 16.2. The van der Waals surface area contributed by atoms with Gasteiger partial charge in [-0.05, 0) is 37.1 Å². The topological polar surface area (TPSA) is 108 Å². The molecule has 3 N–H and O–H groups in total. The van der Waals surface area contributed by atoms with Crippen LogP contribution in [0.3, 0.4) is 0 Å². The molecular weight excluding hydrogens is 384 g/mol. The second-order valence-electron chi connectivity index (χ2n) is 6.91. The molecule has 1 aliphatic rings. The lowest BCUT2D eigenvalue weighted by Crippen LogP contribution is -2.48. The largest absolute Gasteiger partial charge is 0.357 e. The third kappa shape index (κ3) is 4.83. The monoisotopic (exact) mass is 408 g/mol. The van der Waals surface area contributed by atoms with E-state index in [4.69, 9.17) is 0 Å². The van der Waals surface area contributed by atoms with Crippen molar-refractivity contribution in [2.45, 2.75) is 18.9 Å². The fourth-order valence-electron chi connectivity index (χ4n) is 3.43. The van der Waals surface area contributed by atoms with E-state index < -0.39 is 11.9 Å². The molecule has 1 fully saturated rings. The van der Waals surface area contributed by atoms with Crippen molar-refractivity contribution in [1.29, 1.82) is 0 Å². The summed E-state index contributed by atoms with van der Waals surface area (Å²) < 4.78 is 0. The lowest BCUT2D eigenvalue weighted by Gasteiger charge is -2.23. The molecule has 1 saturated heterocycles. The van der Waals surface area contributed by atoms with Crippen molar-refractivity contribution in [2.75, 3.05) is 25.5 Å². The zero-order chi connectivity index (χ0) is 21.5. The van der Waals surface area contributed by atoms with Gasteiger partial charge in [0.15, 0.2) is 0 Å². The third-order valence-corrected chi connectivity index (χ3v) is 4.98. The fourth-order valence-corrected chi connectivity index (χ4v) is 3.43. The molecule has 156 valence electrons. The van der Waals surface area contributed by atoms with Gasteiger partial charge in [0, 0.05) is 19.2 Å². The van der Waals surface area contributed by atoms with Crippen LogP contribution in [0, 0.1) is 0 Å². The Morgan fingerprint density at radius 2 is 1.67 bits per heavy atom. The van der Waals surface area contributed by atoms with Gasteiger partial charge in [-0.25, -0.2) is 0 Å². The van der Waals surface area contributed by atoms with Gasteiger partial charge in [0.25, 0.3) is 11.8 Å². The minimum atomic E-state index is -0.503. The van der Waals surface area contributed by atoms with E-state index in [2.05, 4.69) is 16.0 Å². The Morgan fingerprint density at radius 1 is 0.967 bits per heavy atom. The average Bonchev–Trinajstić information content (AvgIpc) is 3.27. The molecule has 0 aromatic heterocycles. The lowest BCUT2D eigenvalue weighted by molar-refractivity contribution is -0.137. The number of carbonyl (C=O) groups is 4. The molecule has 3 rings (SSSR count). The molecule has 0 saturated carbocycles. The smallest absolute Gasteiger partial charge is 0.255 e. The molecule has 1 aliphatic heterocycles. The summed E-state index contributed by atoms with van der Waals surface area (Å²) in [6, 6.07) is 14.8. The van der Waals surface area contributed by atoms with Crippen LogP contribution in [0.5, 0.6) is 0 Å². The second kappa shape index (κ2) is 9.69. The number of anilines is 1. The second-order valence-corrected chi connectivity index (χ2v) is 6.91. The van der Waals surface area contributed by atoms with Gasteiger partial charge < -0.3 is 20.9 Å². The molecule has 1 heterocycles. The first-order valence-electron chi connectivity index (χ1n) is 9.76. The minimum Gasteiger partial charge on any atom is -0.357 e. The van der Waals surface area contributed by atoms with Crippen LogP contribution in [0.1, 0.15) is 33.6 Å². The number of likely N-dealkylation sites (N-methyl/N-ethyl adjacent to an activating group) is 1. The number of hydrogen-bond acceptors (Lipinski definition) is 4. The van der Waals surface area contributed by atoms with Crippen molar-refractivity contribution >= 4 is 29.3 Å². The molecule has 30 heavy (non-hydrogen) atoms. The Kier molecular flexibility index (Phi) is 6.79. The standard InChI is InChI=1S/C22H24N4O4/c1-23-22(30)18-12-7-13-26(18)19(27)14-24-21(29)16-10-5-6-11-17(16)25-20(28)15-8-3-2-4-9-15/h2-6,8-11,18H,7,12-14H2,1H3,(H,23,30)(H,24,29)(H,25,28). The first kappa shape index (κ1) is 21.0. The molecule has 1 unspecified atom stereocenters. The summed E-state index contributed by atoms with van der Waals surface area (Å²) in [6.45, 7) is 0.254. The van der Waals surface area contributed by atoms with Gasteiger partial charge in [-0.15, -0.1) is 0 Å². The lowest BCUT2D eigenvalue weighted by atomic mass is 10.1. The molecule has 0 spiro atoms. The van der Waals surface area contributed by atoms with Crippen LogP contribution >= 0.6 is 0 Å². The number of likely N-dealkylation sites (tertiary alicyclic amines) is 1. The number of para-hydroxylation sites is 1. The van der Waals surface area contributed by atoms with Gasteiger partial charge in [0.1, 0.15) is 6.04 Å². The van der Waals surface area contributed by atoms with Gasteiger partial charge in [-0.2, -0.15) is 0 Å². The highest BCUT2D eigenvalue weighted by Gasteiger charge is 2.33. The van der Waals surface area contributed by atoms with Crippen LogP contribution in [-0.4, -0.2) is 54.7 Å². The minimum absolute atomic E-state index is 0.207. The number of nitrogens with zero attached hydrogens (tertiary/aromatic N) is 1. The predicted molar refractivity (Wildman–Crippen MR) is 112 cm³/mol. The van der Waals surface area contributed by atoms with Crippen molar-refractivity contribution in [3.05, 3.63) is 65.7 Å². The van der Waals surface area contributed by atoms with E-state index in [9.17, 15) is 19.2 Å². The van der Waals surface area contributed by atoms with Crippen LogP contribution in [0.4, 0.5) is 5.69 Å². The van der Waals surface area contributed by atoms with E-state index in [-0.39, 0.29) is 29.8 Å². The van der Waals surface area contributed by atoms with E-state index in [1.165, 1.54) is 11.9 Å². The molecule has 2 aromatic rings. The first-order valence-corrected chi connectivity index (χ1v) is 9.76. The zero-order valence-electron chi connectivity index (χ0n) is 16.7. The number of carbonyl (C=O) groups excluding carboxylic acids is 4. The number of nitrogens with one attached hydrogen (secondary N) is 3. The van der Waals surface area contributed by atoms with E-state index in [0.29, 0.717) is 24.2 Å². The van der Waals surface area contributed by atoms with E-state index >= 15 is 0 Å². The first-order chi connectivity index (χ1) is 14.5. The Bertz CT molecular complexity index is 945.